The number of phenolic OH excluding ortho intramolecular Hbond substituents is 1. The Kier molecular flexibility index (Phi) is 4.17. The number of carbonyl (C=O) groups is 1. The highest BCUT2D eigenvalue weighted by molar-refractivity contribution is 5.64. The van der Waals surface area contributed by atoms with Crippen molar-refractivity contribution in [2.45, 2.75) is 33.1 Å². The zero-order chi connectivity index (χ0) is 12.1. The van der Waals surface area contributed by atoms with Gasteiger partial charge in [0.25, 0.3) is 0 Å². The van der Waals surface area contributed by atoms with Crippen molar-refractivity contribution in [3.63, 3.8) is 0 Å². The molecular formula is C12H16O4. The molecular weight excluding hydrogens is 208 g/mol. The third kappa shape index (κ3) is 2.89. The summed E-state index contributed by atoms with van der Waals surface area (Å²) in [7, 11) is 0. The summed E-state index contributed by atoms with van der Waals surface area (Å²) in [6, 6.07) is 3.28. The summed E-state index contributed by atoms with van der Waals surface area (Å²) < 4.78 is 4.45. The van der Waals surface area contributed by atoms with E-state index in [-0.39, 0.29) is 11.5 Å². The van der Waals surface area contributed by atoms with E-state index in [1.165, 1.54) is 6.07 Å². The van der Waals surface area contributed by atoms with Crippen LogP contribution in [0.5, 0.6) is 11.5 Å². The molecule has 0 unspecified atom stereocenters. The van der Waals surface area contributed by atoms with Crippen LogP contribution in [0.25, 0.3) is 0 Å². The van der Waals surface area contributed by atoms with Gasteiger partial charge >= 0.3 is 6.16 Å². The van der Waals surface area contributed by atoms with Gasteiger partial charge < -0.3 is 14.9 Å². The predicted molar refractivity (Wildman–Crippen MR) is 60.1 cm³/mol. The second-order valence-electron chi connectivity index (χ2n) is 3.67. The minimum Gasteiger partial charge on any atom is -0.504 e. The maximum Gasteiger partial charge on any atom is 0.511 e. The molecule has 0 spiro atoms. The Morgan fingerprint density at radius 3 is 2.69 bits per heavy atom. The summed E-state index contributed by atoms with van der Waals surface area (Å²) in [5.74, 6) is -0.0961. The molecule has 1 aromatic carbocycles. The normalized spacial score (nSPS) is 10.1. The number of hydrogen-bond acceptors (Lipinski definition) is 3. The molecule has 2 N–H and O–H groups in total. The molecule has 1 aromatic rings. The van der Waals surface area contributed by atoms with Gasteiger partial charge in [-0.25, -0.2) is 4.79 Å². The molecule has 0 saturated heterocycles. The number of benzene rings is 1. The fourth-order valence-corrected chi connectivity index (χ4v) is 1.53. The van der Waals surface area contributed by atoms with E-state index in [1.807, 2.05) is 0 Å². The lowest BCUT2D eigenvalue weighted by molar-refractivity contribution is 0.143. The number of ether oxygens (including phenoxy) is 1. The average molecular weight is 224 g/mol. The van der Waals surface area contributed by atoms with Gasteiger partial charge in [0.2, 0.25) is 0 Å². The minimum absolute atomic E-state index is 0.00903. The number of phenols is 1. The van der Waals surface area contributed by atoms with E-state index in [1.54, 1.807) is 13.0 Å². The lowest BCUT2D eigenvalue weighted by Crippen LogP contribution is -2.04. The Balaban J connectivity index is 2.93. The zero-order valence-electron chi connectivity index (χ0n) is 9.49. The quantitative estimate of drug-likeness (QED) is 0.609. The maximum atomic E-state index is 10.4. The molecule has 4 nitrogen and oxygen atoms in total. The Morgan fingerprint density at radius 1 is 1.44 bits per heavy atom. The SMILES string of the molecule is CCCCc1ccc(OC(=O)O)c(O)c1C. The molecule has 0 atom stereocenters. The van der Waals surface area contributed by atoms with Crippen molar-refractivity contribution in [3.05, 3.63) is 23.3 Å². The van der Waals surface area contributed by atoms with E-state index in [2.05, 4.69) is 11.7 Å². The Morgan fingerprint density at radius 2 is 2.12 bits per heavy atom. The number of aromatic hydroxyl groups is 1. The second-order valence-corrected chi connectivity index (χ2v) is 3.67. The third-order valence-corrected chi connectivity index (χ3v) is 2.50. The average Bonchev–Trinajstić information content (AvgIpc) is 2.23. The topological polar surface area (TPSA) is 66.8 Å². The molecule has 0 heterocycles. The second kappa shape index (κ2) is 5.39. The monoisotopic (exact) mass is 224 g/mol. The van der Waals surface area contributed by atoms with Crippen molar-refractivity contribution < 1.29 is 19.7 Å². The van der Waals surface area contributed by atoms with Crippen LogP contribution in [0.15, 0.2) is 12.1 Å². The van der Waals surface area contributed by atoms with Crippen LogP contribution in [0.2, 0.25) is 0 Å². The highest BCUT2D eigenvalue weighted by atomic mass is 16.7. The number of unbranched alkanes of at least 4 members (excludes halogenated alkanes) is 1. The van der Waals surface area contributed by atoms with Gasteiger partial charge in [-0.05, 0) is 37.0 Å². The van der Waals surface area contributed by atoms with Crippen molar-refractivity contribution in [3.8, 4) is 11.5 Å². The first-order valence-corrected chi connectivity index (χ1v) is 5.28. The summed E-state index contributed by atoms with van der Waals surface area (Å²) in [5, 5.41) is 18.2. The molecule has 0 bridgehead atoms. The molecule has 1 rings (SSSR count). The van der Waals surface area contributed by atoms with Gasteiger partial charge in [-0.2, -0.15) is 0 Å². The van der Waals surface area contributed by atoms with Crippen molar-refractivity contribution >= 4 is 6.16 Å². The highest BCUT2D eigenvalue weighted by Gasteiger charge is 2.12. The van der Waals surface area contributed by atoms with E-state index in [0.29, 0.717) is 5.56 Å². The third-order valence-electron chi connectivity index (χ3n) is 2.50. The first-order chi connectivity index (χ1) is 7.56. The van der Waals surface area contributed by atoms with E-state index in [9.17, 15) is 9.90 Å². The lowest BCUT2D eigenvalue weighted by atomic mass is 10.0. The lowest BCUT2D eigenvalue weighted by Gasteiger charge is -2.10. The maximum absolute atomic E-state index is 10.4. The number of hydrogen-bond donors (Lipinski definition) is 2. The van der Waals surface area contributed by atoms with Crippen molar-refractivity contribution in [1.29, 1.82) is 0 Å². The summed E-state index contributed by atoms with van der Waals surface area (Å²) in [4.78, 5) is 10.4. The molecule has 88 valence electrons. The van der Waals surface area contributed by atoms with E-state index >= 15 is 0 Å². The zero-order valence-corrected chi connectivity index (χ0v) is 9.49. The van der Waals surface area contributed by atoms with Gasteiger partial charge in [-0.1, -0.05) is 19.4 Å². The Labute approximate surface area is 94.5 Å². The molecule has 16 heavy (non-hydrogen) atoms. The molecule has 0 fully saturated rings. The fraction of sp³-hybridized carbons (Fsp3) is 0.417. The minimum atomic E-state index is -1.42. The largest absolute Gasteiger partial charge is 0.511 e. The van der Waals surface area contributed by atoms with Crippen LogP contribution in [0.1, 0.15) is 30.9 Å². The van der Waals surface area contributed by atoms with Crippen LogP contribution in [0.3, 0.4) is 0 Å². The van der Waals surface area contributed by atoms with Crippen molar-refractivity contribution in [2.75, 3.05) is 0 Å². The molecule has 0 aliphatic heterocycles. The molecule has 4 heteroatoms. The van der Waals surface area contributed by atoms with Crippen LogP contribution in [-0.4, -0.2) is 16.4 Å². The Hall–Kier alpha value is -1.71. The first kappa shape index (κ1) is 12.4. The van der Waals surface area contributed by atoms with E-state index < -0.39 is 6.16 Å². The number of carboxylic acid groups (broad SMARTS) is 1. The van der Waals surface area contributed by atoms with Crippen LogP contribution < -0.4 is 4.74 Å². The van der Waals surface area contributed by atoms with Gasteiger partial charge in [-0.3, -0.25) is 0 Å². The summed E-state index contributed by atoms with van der Waals surface area (Å²) in [5.41, 5.74) is 1.71. The summed E-state index contributed by atoms with van der Waals surface area (Å²) in [6.45, 7) is 3.85. The highest BCUT2D eigenvalue weighted by Crippen LogP contribution is 2.32. The van der Waals surface area contributed by atoms with E-state index in [0.717, 1.165) is 24.8 Å². The van der Waals surface area contributed by atoms with Gasteiger partial charge in [0.15, 0.2) is 11.5 Å². The standard InChI is InChI=1S/C12H16O4/c1-3-4-5-9-6-7-10(16-12(14)15)11(13)8(9)2/h6-7,13H,3-5H2,1-2H3,(H,14,15). The first-order valence-electron chi connectivity index (χ1n) is 5.28. The Bertz CT molecular complexity index is 385. The molecule has 0 aliphatic rings. The van der Waals surface area contributed by atoms with Gasteiger partial charge in [0.1, 0.15) is 0 Å². The van der Waals surface area contributed by atoms with Crippen molar-refractivity contribution in [2.24, 2.45) is 0 Å². The van der Waals surface area contributed by atoms with Gasteiger partial charge in [0, 0.05) is 0 Å². The van der Waals surface area contributed by atoms with Gasteiger partial charge in [0.05, 0.1) is 0 Å². The summed E-state index contributed by atoms with van der Waals surface area (Å²) in [6.07, 6.45) is 1.58. The molecule has 0 amide bonds. The van der Waals surface area contributed by atoms with Crippen LogP contribution >= 0.6 is 0 Å². The smallest absolute Gasteiger partial charge is 0.504 e. The van der Waals surface area contributed by atoms with Crippen LogP contribution in [0, 0.1) is 6.92 Å². The van der Waals surface area contributed by atoms with Crippen LogP contribution in [0.4, 0.5) is 4.79 Å². The van der Waals surface area contributed by atoms with Crippen molar-refractivity contribution in [1.82, 2.24) is 0 Å². The fourth-order valence-electron chi connectivity index (χ4n) is 1.53. The summed E-state index contributed by atoms with van der Waals surface area (Å²) >= 11 is 0. The number of rotatable bonds is 4. The predicted octanol–water partition coefficient (Wildman–Crippen LogP) is 3.10. The van der Waals surface area contributed by atoms with Gasteiger partial charge in [-0.15, -0.1) is 0 Å². The van der Waals surface area contributed by atoms with Crippen LogP contribution in [-0.2, 0) is 6.42 Å². The number of aryl methyl sites for hydroxylation is 1. The molecule has 0 aromatic heterocycles. The molecule has 0 radical (unpaired) electrons. The molecule has 0 saturated carbocycles. The van der Waals surface area contributed by atoms with E-state index in [4.69, 9.17) is 5.11 Å². The molecule has 0 aliphatic carbocycles.